The Morgan fingerprint density at radius 3 is 1.20 bits per heavy atom. The highest BCUT2D eigenvalue weighted by atomic mass is 15.2. The molecule has 0 aliphatic carbocycles. The van der Waals surface area contributed by atoms with Gasteiger partial charge in [-0.15, -0.1) is 0 Å². The minimum absolute atomic E-state index is 0.344. The van der Waals surface area contributed by atoms with Crippen LogP contribution in [-0.4, -0.2) is 23.0 Å². The molecule has 0 bridgehead atoms. The van der Waals surface area contributed by atoms with Crippen LogP contribution in [0.3, 0.4) is 0 Å². The second-order valence-corrected chi connectivity index (χ2v) is 4.68. The molecule has 0 atom stereocenters. The first kappa shape index (κ1) is 5.59. The predicted octanol–water partition coefficient (Wildman–Crippen LogP) is 2.52. The van der Waals surface area contributed by atoms with Crippen LogP contribution < -0.4 is 0 Å². The molecule has 0 unspecified atom stereocenters. The van der Waals surface area contributed by atoms with Crippen molar-refractivity contribution in [1.82, 2.24) is 4.90 Å². The van der Waals surface area contributed by atoms with E-state index in [1.54, 1.807) is 4.90 Å². The van der Waals surface area contributed by atoms with Gasteiger partial charge in [-0.05, 0) is 48.5 Å². The molecule has 1 nitrogen and oxygen atoms in total. The van der Waals surface area contributed by atoms with Gasteiger partial charge in [0.2, 0.25) is 0 Å². The second-order valence-electron chi connectivity index (χ2n) is 4.68. The third kappa shape index (κ3) is 2.70. The molecule has 62 valence electrons. The van der Waals surface area contributed by atoms with Crippen molar-refractivity contribution >= 4 is 0 Å². The summed E-state index contributed by atoms with van der Waals surface area (Å²) in [4.78, 5) is 1.56. The zero-order valence-corrected chi connectivity index (χ0v) is 7.95. The first-order chi connectivity index (χ1) is 5.37. The van der Waals surface area contributed by atoms with Gasteiger partial charge in [-0.3, -0.25) is 4.90 Å². The van der Waals surface area contributed by atoms with Crippen LogP contribution in [0.2, 0.25) is 0 Å². The van der Waals surface area contributed by atoms with Crippen LogP contribution in [-0.2, 0) is 0 Å². The molecule has 0 radical (unpaired) electrons. The van der Waals surface area contributed by atoms with E-state index in [1.165, 1.54) is 0 Å². The molecule has 0 aliphatic heterocycles. The highest BCUT2D eigenvalue weighted by Crippen LogP contribution is 2.21. The third-order valence-electron chi connectivity index (χ3n) is 1.34. The molecule has 0 rings (SSSR count). The summed E-state index contributed by atoms with van der Waals surface area (Å²) in [7, 11) is 0. The Labute approximate surface area is 69.6 Å². The smallest absolute Gasteiger partial charge is 0.0394 e. The molecule has 1 heteroatoms. The topological polar surface area (TPSA) is 3.24 Å². The van der Waals surface area contributed by atoms with Crippen LogP contribution >= 0.6 is 0 Å². The van der Waals surface area contributed by atoms with Gasteiger partial charge < -0.3 is 0 Å². The van der Waals surface area contributed by atoms with E-state index in [9.17, 15) is 0 Å². The highest BCUT2D eigenvalue weighted by molar-refractivity contribution is 4.83. The Kier molecular flexibility index (Phi) is 1.42. The number of hydrogen-bond acceptors (Lipinski definition) is 1. The average Bonchev–Trinajstić information content (AvgIpc) is 1.44. The summed E-state index contributed by atoms with van der Waals surface area (Å²) in [5.41, 5.74) is -0.688. The van der Waals surface area contributed by atoms with Crippen LogP contribution in [0.15, 0.2) is 0 Å². The molecule has 0 aromatic rings. The summed E-state index contributed by atoms with van der Waals surface area (Å²) in [6, 6.07) is 0. The Balaban J connectivity index is 5.02. The Bertz CT molecular complexity index is 137. The summed E-state index contributed by atoms with van der Waals surface area (Å²) in [5.74, 6) is 0. The van der Waals surface area contributed by atoms with Crippen LogP contribution in [0.1, 0.15) is 45.7 Å². The van der Waals surface area contributed by atoms with E-state index in [0.29, 0.717) is 0 Å². The van der Waals surface area contributed by atoms with Gasteiger partial charge in [-0.1, -0.05) is 0 Å². The van der Waals surface area contributed by atoms with Gasteiger partial charge in [0.25, 0.3) is 0 Å². The molecule has 0 aliphatic rings. The van der Waals surface area contributed by atoms with Crippen molar-refractivity contribution in [3.05, 3.63) is 0 Å². The predicted molar refractivity (Wildman–Crippen MR) is 47.3 cm³/mol. The van der Waals surface area contributed by atoms with E-state index in [1.807, 2.05) is 41.5 Å². The molecule has 0 saturated heterocycles. The highest BCUT2D eigenvalue weighted by Gasteiger charge is 2.26. The van der Waals surface area contributed by atoms with E-state index in [0.717, 1.165) is 0 Å². The fourth-order valence-electron chi connectivity index (χ4n) is 1.01. The van der Waals surface area contributed by atoms with Gasteiger partial charge in [0.15, 0.2) is 0 Å². The molecular weight excluding hydrogens is 122 g/mol. The number of nitrogens with zero attached hydrogens (tertiary/aromatic N) is 1. The lowest BCUT2D eigenvalue weighted by atomic mass is 9.98. The van der Waals surface area contributed by atoms with Crippen molar-refractivity contribution in [3.63, 3.8) is 0 Å². The lowest BCUT2D eigenvalue weighted by Crippen LogP contribution is -2.49. The molecule has 0 amide bonds. The molecule has 0 spiro atoms. The molecule has 0 heterocycles. The molecule has 10 heavy (non-hydrogen) atoms. The lowest BCUT2D eigenvalue weighted by molar-refractivity contribution is 0.0700. The van der Waals surface area contributed by atoms with Crippen molar-refractivity contribution in [3.8, 4) is 0 Å². The number of hydrogen-bond donors (Lipinski definition) is 0. The summed E-state index contributed by atoms with van der Waals surface area (Å²) in [6.45, 7) is 9.50. The molecule has 0 saturated carbocycles. The Hall–Kier alpha value is -0.0400. The zero-order valence-electron chi connectivity index (χ0n) is 10.9. The summed E-state index contributed by atoms with van der Waals surface area (Å²) < 4.78 is 22.4. The van der Waals surface area contributed by atoms with Crippen molar-refractivity contribution in [2.45, 2.75) is 52.6 Å². The summed E-state index contributed by atoms with van der Waals surface area (Å²) in [6.07, 6.45) is 0. The minimum Gasteiger partial charge on any atom is -0.297 e. The standard InChI is InChI=1S/C9H21N/c1-8(2,3)10(7)9(4,5)6/h1-7H3/i7D3. The van der Waals surface area contributed by atoms with Crippen molar-refractivity contribution < 1.29 is 4.11 Å². The summed E-state index contributed by atoms with van der Waals surface area (Å²) in [5, 5.41) is 0. The SMILES string of the molecule is [2H]C([2H])([2H])N(C(C)(C)C)C(C)(C)C. The largest absolute Gasteiger partial charge is 0.297 e. The van der Waals surface area contributed by atoms with Crippen molar-refractivity contribution in [2.75, 3.05) is 6.98 Å². The maximum absolute atomic E-state index is 7.46. The molecule has 0 N–H and O–H groups in total. The maximum atomic E-state index is 7.46. The van der Waals surface area contributed by atoms with Crippen molar-refractivity contribution in [2.24, 2.45) is 0 Å². The van der Waals surface area contributed by atoms with Crippen LogP contribution in [0.4, 0.5) is 0 Å². The maximum Gasteiger partial charge on any atom is 0.0394 e. The van der Waals surface area contributed by atoms with Crippen LogP contribution in [0.25, 0.3) is 0 Å². The third-order valence-corrected chi connectivity index (χ3v) is 1.34. The normalized spacial score (nSPS) is 20.1. The van der Waals surface area contributed by atoms with E-state index >= 15 is 0 Å². The van der Waals surface area contributed by atoms with Crippen molar-refractivity contribution in [1.29, 1.82) is 0 Å². The fraction of sp³-hybridized carbons (Fsp3) is 1.00. The molecule has 0 aromatic heterocycles. The van der Waals surface area contributed by atoms with Gasteiger partial charge in [0.1, 0.15) is 0 Å². The van der Waals surface area contributed by atoms with Gasteiger partial charge in [-0.25, -0.2) is 0 Å². The fourth-order valence-corrected chi connectivity index (χ4v) is 1.01. The van der Waals surface area contributed by atoms with E-state index < -0.39 is 6.98 Å². The van der Waals surface area contributed by atoms with Gasteiger partial charge >= 0.3 is 0 Å². The van der Waals surface area contributed by atoms with Gasteiger partial charge in [0, 0.05) is 15.2 Å². The first-order valence-corrected chi connectivity index (χ1v) is 3.67. The van der Waals surface area contributed by atoms with Gasteiger partial charge in [0.05, 0.1) is 0 Å². The Morgan fingerprint density at radius 2 is 1.20 bits per heavy atom. The summed E-state index contributed by atoms with van der Waals surface area (Å²) >= 11 is 0. The van der Waals surface area contributed by atoms with Crippen LogP contribution in [0, 0.1) is 0 Å². The molecule has 0 aromatic carbocycles. The first-order valence-electron chi connectivity index (χ1n) is 5.17. The van der Waals surface area contributed by atoms with E-state index in [2.05, 4.69) is 0 Å². The quantitative estimate of drug-likeness (QED) is 0.507. The average molecular weight is 146 g/mol. The van der Waals surface area contributed by atoms with E-state index in [4.69, 9.17) is 4.11 Å². The second kappa shape index (κ2) is 2.54. The zero-order chi connectivity index (χ0) is 11.1. The monoisotopic (exact) mass is 146 g/mol. The lowest BCUT2D eigenvalue weighted by Gasteiger charge is -2.42. The Morgan fingerprint density at radius 1 is 0.900 bits per heavy atom. The number of rotatable bonds is 0. The van der Waals surface area contributed by atoms with Crippen LogP contribution in [0.5, 0.6) is 0 Å². The molecular formula is C9H21N. The van der Waals surface area contributed by atoms with Gasteiger partial charge in [-0.2, -0.15) is 0 Å². The minimum atomic E-state index is -2.03. The molecule has 0 fully saturated rings. The van der Waals surface area contributed by atoms with E-state index in [-0.39, 0.29) is 11.1 Å².